The molecule has 0 atom stereocenters. The number of hydrogen-bond acceptors (Lipinski definition) is 4. The van der Waals surface area contributed by atoms with Gasteiger partial charge < -0.3 is 10.8 Å². The smallest absolute Gasteiger partial charge is 0.284 e. The first-order chi connectivity index (χ1) is 9.31. The monoisotopic (exact) mass is 281 g/mol. The van der Waals surface area contributed by atoms with Crippen molar-refractivity contribution in [1.29, 1.82) is 0 Å². The second kappa shape index (κ2) is 4.72. The van der Waals surface area contributed by atoms with Crippen LogP contribution in [0.15, 0.2) is 22.8 Å². The minimum Gasteiger partial charge on any atom is -0.503 e. The van der Waals surface area contributed by atoms with Crippen molar-refractivity contribution in [1.82, 2.24) is 4.90 Å². The van der Waals surface area contributed by atoms with Gasteiger partial charge in [0, 0.05) is 7.05 Å². The molecule has 0 spiro atoms. The second-order valence-electron chi connectivity index (χ2n) is 4.03. The van der Waals surface area contributed by atoms with Crippen LogP contribution in [0.4, 0.5) is 8.78 Å². The number of halogens is 2. The molecule has 104 valence electrons. The van der Waals surface area contributed by atoms with Crippen molar-refractivity contribution in [2.75, 3.05) is 7.05 Å². The number of carbonyl (C=O) groups excluding carboxylic acids is 2. The lowest BCUT2D eigenvalue weighted by Crippen LogP contribution is -2.37. The van der Waals surface area contributed by atoms with Gasteiger partial charge in [-0.3, -0.25) is 14.5 Å². The van der Waals surface area contributed by atoms with Gasteiger partial charge in [-0.2, -0.15) is 0 Å². The van der Waals surface area contributed by atoms with Gasteiger partial charge in [-0.25, -0.2) is 13.8 Å². The van der Waals surface area contributed by atoms with Crippen molar-refractivity contribution < 1.29 is 23.5 Å². The second-order valence-corrected chi connectivity index (χ2v) is 4.03. The minimum atomic E-state index is -1.17. The lowest BCUT2D eigenvalue weighted by atomic mass is 10.1. The first-order valence-electron chi connectivity index (χ1n) is 5.37. The molecule has 0 bridgehead atoms. The van der Waals surface area contributed by atoms with Crippen molar-refractivity contribution in [2.24, 2.45) is 10.7 Å². The van der Waals surface area contributed by atoms with Crippen LogP contribution in [0.25, 0.3) is 6.08 Å². The van der Waals surface area contributed by atoms with Crippen LogP contribution in [-0.2, 0) is 9.59 Å². The Balaban J connectivity index is 2.46. The maximum atomic E-state index is 13.2. The zero-order valence-corrected chi connectivity index (χ0v) is 10.2. The van der Waals surface area contributed by atoms with Gasteiger partial charge in [0.15, 0.2) is 17.4 Å². The molecule has 1 aromatic rings. The van der Waals surface area contributed by atoms with Gasteiger partial charge in [0.2, 0.25) is 5.84 Å². The Kier molecular flexibility index (Phi) is 3.23. The van der Waals surface area contributed by atoms with Crippen molar-refractivity contribution in [2.45, 2.75) is 0 Å². The number of hydrogen-bond donors (Lipinski definition) is 2. The summed E-state index contributed by atoms with van der Waals surface area (Å²) in [7, 11) is 1.30. The third-order valence-corrected chi connectivity index (χ3v) is 2.63. The molecule has 1 aliphatic heterocycles. The van der Waals surface area contributed by atoms with Crippen LogP contribution in [-0.4, -0.2) is 34.7 Å². The molecule has 2 rings (SSSR count). The normalized spacial score (nSPS) is 16.8. The summed E-state index contributed by atoms with van der Waals surface area (Å²) in [6, 6.07) is 1.66. The van der Waals surface area contributed by atoms with Gasteiger partial charge in [0.1, 0.15) is 5.70 Å². The van der Waals surface area contributed by atoms with Gasteiger partial charge in [-0.05, 0) is 23.8 Å². The highest BCUT2D eigenvalue weighted by molar-refractivity contribution is 6.43. The number of carbonyl (C=O) groups is 2. The molecule has 1 aromatic carbocycles. The van der Waals surface area contributed by atoms with Crippen LogP contribution in [0, 0.1) is 11.6 Å². The number of benzene rings is 1. The fourth-order valence-electron chi connectivity index (χ4n) is 1.65. The molecule has 1 aliphatic rings. The van der Waals surface area contributed by atoms with E-state index in [9.17, 15) is 18.4 Å². The van der Waals surface area contributed by atoms with E-state index in [1.54, 1.807) is 0 Å². The lowest BCUT2D eigenvalue weighted by Gasteiger charge is -2.07. The molecule has 0 unspecified atom stereocenters. The standard InChI is InChI=1S/C12H9F2N3O3/c1-17-11(10(15)19)16-8(12(17)20)4-5-2-6(13)9(18)7(14)3-5/h2-4,18H,1H3,(H2,15,19). The molecule has 6 nitrogen and oxygen atoms in total. The predicted octanol–water partition coefficient (Wildman–Crippen LogP) is 0.367. The van der Waals surface area contributed by atoms with E-state index in [4.69, 9.17) is 10.8 Å². The Labute approximate surface area is 111 Å². The van der Waals surface area contributed by atoms with E-state index in [0.29, 0.717) is 0 Å². The number of primary amides is 1. The number of amidine groups is 1. The molecular weight excluding hydrogens is 272 g/mol. The predicted molar refractivity (Wildman–Crippen MR) is 65.4 cm³/mol. The van der Waals surface area contributed by atoms with E-state index in [1.807, 2.05) is 0 Å². The van der Waals surface area contributed by atoms with E-state index in [-0.39, 0.29) is 17.1 Å². The summed E-state index contributed by atoms with van der Waals surface area (Å²) < 4.78 is 26.3. The molecule has 0 radical (unpaired) electrons. The summed E-state index contributed by atoms with van der Waals surface area (Å²) in [5.41, 5.74) is 4.82. The molecule has 1 heterocycles. The van der Waals surface area contributed by atoms with E-state index in [0.717, 1.165) is 23.1 Å². The quantitative estimate of drug-likeness (QED) is 0.766. The minimum absolute atomic E-state index is 0.0241. The summed E-state index contributed by atoms with van der Waals surface area (Å²) in [6.45, 7) is 0. The molecule has 2 amide bonds. The number of aliphatic imine (C=N–C) groups is 1. The molecule has 0 fully saturated rings. The number of rotatable bonds is 2. The van der Waals surface area contributed by atoms with Gasteiger partial charge in [0.05, 0.1) is 0 Å². The molecule has 0 aromatic heterocycles. The summed E-state index contributed by atoms with van der Waals surface area (Å²) >= 11 is 0. The lowest BCUT2D eigenvalue weighted by molar-refractivity contribution is -0.123. The van der Waals surface area contributed by atoms with Crippen LogP contribution in [0.1, 0.15) is 5.56 Å². The maximum Gasteiger partial charge on any atom is 0.284 e. The highest BCUT2D eigenvalue weighted by Crippen LogP contribution is 2.24. The first-order valence-corrected chi connectivity index (χ1v) is 5.37. The summed E-state index contributed by atoms with van der Waals surface area (Å²) in [5.74, 6) is -5.24. The topological polar surface area (TPSA) is 96.0 Å². The van der Waals surface area contributed by atoms with E-state index in [2.05, 4.69) is 4.99 Å². The average molecular weight is 281 g/mol. The van der Waals surface area contributed by atoms with Crippen molar-refractivity contribution in [3.8, 4) is 5.75 Å². The number of phenolic OH excluding ortho intramolecular Hbond substituents is 1. The Hall–Kier alpha value is -2.77. The van der Waals surface area contributed by atoms with Gasteiger partial charge >= 0.3 is 0 Å². The van der Waals surface area contributed by atoms with Crippen molar-refractivity contribution >= 4 is 23.7 Å². The third kappa shape index (κ3) is 2.22. The van der Waals surface area contributed by atoms with E-state index < -0.39 is 29.2 Å². The highest BCUT2D eigenvalue weighted by atomic mass is 19.1. The fraction of sp³-hybridized carbons (Fsp3) is 0.0833. The molecule has 0 saturated heterocycles. The van der Waals surface area contributed by atoms with E-state index in [1.165, 1.54) is 7.05 Å². The SMILES string of the molecule is CN1C(=O)C(=Cc2cc(F)c(O)c(F)c2)N=C1C(N)=O. The van der Waals surface area contributed by atoms with Crippen LogP contribution >= 0.6 is 0 Å². The van der Waals surface area contributed by atoms with Gasteiger partial charge in [-0.1, -0.05) is 0 Å². The zero-order chi connectivity index (χ0) is 15.0. The Morgan fingerprint density at radius 1 is 1.40 bits per heavy atom. The summed E-state index contributed by atoms with van der Waals surface area (Å²) in [4.78, 5) is 27.4. The number of amides is 2. The number of likely N-dealkylation sites (N-methyl/N-ethyl adjacent to an activating group) is 1. The van der Waals surface area contributed by atoms with Crippen molar-refractivity contribution in [3.63, 3.8) is 0 Å². The first kappa shape index (κ1) is 13.7. The number of nitrogens with two attached hydrogens (primary N) is 1. The van der Waals surface area contributed by atoms with Crippen molar-refractivity contribution in [3.05, 3.63) is 35.0 Å². The van der Waals surface area contributed by atoms with Crippen LogP contribution in [0.5, 0.6) is 5.75 Å². The Bertz CT molecular complexity index is 660. The van der Waals surface area contributed by atoms with Crippen LogP contribution in [0.3, 0.4) is 0 Å². The number of aromatic hydroxyl groups is 1. The zero-order valence-electron chi connectivity index (χ0n) is 10.2. The molecule has 0 saturated carbocycles. The molecule has 20 heavy (non-hydrogen) atoms. The summed E-state index contributed by atoms with van der Waals surface area (Å²) in [5, 5.41) is 8.97. The summed E-state index contributed by atoms with van der Waals surface area (Å²) in [6.07, 6.45) is 1.08. The number of nitrogens with zero attached hydrogens (tertiary/aromatic N) is 2. The van der Waals surface area contributed by atoms with Crippen LogP contribution in [0.2, 0.25) is 0 Å². The Morgan fingerprint density at radius 3 is 2.40 bits per heavy atom. The Morgan fingerprint density at radius 2 is 1.95 bits per heavy atom. The fourth-order valence-corrected chi connectivity index (χ4v) is 1.65. The average Bonchev–Trinajstić information content (AvgIpc) is 2.64. The third-order valence-electron chi connectivity index (χ3n) is 2.63. The molecule has 8 heteroatoms. The van der Waals surface area contributed by atoms with Gasteiger partial charge in [-0.15, -0.1) is 0 Å². The molecule has 0 aliphatic carbocycles. The highest BCUT2D eigenvalue weighted by Gasteiger charge is 2.30. The number of phenols is 1. The van der Waals surface area contributed by atoms with E-state index >= 15 is 0 Å². The molecule has 3 N–H and O–H groups in total. The molecular formula is C12H9F2N3O3. The largest absolute Gasteiger partial charge is 0.503 e. The van der Waals surface area contributed by atoms with Gasteiger partial charge in [0.25, 0.3) is 11.8 Å². The van der Waals surface area contributed by atoms with Crippen LogP contribution < -0.4 is 5.73 Å². The maximum absolute atomic E-state index is 13.2.